The van der Waals surface area contributed by atoms with Crippen LogP contribution in [0.25, 0.3) is 5.82 Å². The van der Waals surface area contributed by atoms with Gasteiger partial charge in [-0.15, -0.1) is 0 Å². The lowest BCUT2D eigenvalue weighted by atomic mass is 10.1. The van der Waals surface area contributed by atoms with Gasteiger partial charge in [0.1, 0.15) is 12.1 Å². The Morgan fingerprint density at radius 1 is 1.17 bits per heavy atom. The molecule has 1 amide bonds. The van der Waals surface area contributed by atoms with Crippen molar-refractivity contribution in [1.82, 2.24) is 30.5 Å². The Kier molecular flexibility index (Phi) is 7.54. The summed E-state index contributed by atoms with van der Waals surface area (Å²) in [5, 5.41) is 9.24. The van der Waals surface area contributed by atoms with Crippen molar-refractivity contribution < 1.29 is 4.79 Å². The van der Waals surface area contributed by atoms with Gasteiger partial charge in [-0.3, -0.25) is 9.36 Å². The summed E-state index contributed by atoms with van der Waals surface area (Å²) in [4.78, 5) is 24.9. The third-order valence-corrected chi connectivity index (χ3v) is 4.46. The van der Waals surface area contributed by atoms with Gasteiger partial charge >= 0.3 is 0 Å². The smallest absolute Gasteiger partial charge is 0.251 e. The van der Waals surface area contributed by atoms with Crippen LogP contribution in [0.15, 0.2) is 66.3 Å². The van der Waals surface area contributed by atoms with E-state index in [0.29, 0.717) is 18.7 Å². The molecule has 0 aliphatic rings. The molecule has 0 bridgehead atoms. The van der Waals surface area contributed by atoms with Crippen molar-refractivity contribution >= 4 is 11.9 Å². The summed E-state index contributed by atoms with van der Waals surface area (Å²) in [6, 6.07) is 11.6. The minimum absolute atomic E-state index is 0.0765. The third kappa shape index (κ3) is 5.91. The highest BCUT2D eigenvalue weighted by molar-refractivity contribution is 5.94. The lowest BCUT2D eigenvalue weighted by Crippen LogP contribution is -2.38. The van der Waals surface area contributed by atoms with E-state index in [4.69, 9.17) is 0 Å². The van der Waals surface area contributed by atoms with Gasteiger partial charge in [-0.2, -0.15) is 0 Å². The second kappa shape index (κ2) is 10.8. The summed E-state index contributed by atoms with van der Waals surface area (Å²) >= 11 is 0. The van der Waals surface area contributed by atoms with Gasteiger partial charge in [-0.1, -0.05) is 18.2 Å². The number of nitrogens with zero attached hydrogens (tertiary/aromatic N) is 4. The molecule has 0 aliphatic heterocycles. The van der Waals surface area contributed by atoms with Crippen molar-refractivity contribution in [2.24, 2.45) is 4.99 Å². The maximum atomic E-state index is 11.8. The Morgan fingerprint density at radius 3 is 2.77 bits per heavy atom. The number of amides is 1. The Balaban J connectivity index is 1.55. The molecule has 0 saturated heterocycles. The largest absolute Gasteiger partial charge is 0.357 e. The number of aliphatic imine (C=N–C) groups is 1. The lowest BCUT2D eigenvalue weighted by molar-refractivity contribution is 0.0963. The number of hydrogen-bond donors (Lipinski definition) is 3. The first-order valence-electron chi connectivity index (χ1n) is 9.96. The van der Waals surface area contributed by atoms with Gasteiger partial charge in [-0.05, 0) is 42.7 Å². The molecular weight excluding hydrogens is 378 g/mol. The Morgan fingerprint density at radius 2 is 2.07 bits per heavy atom. The van der Waals surface area contributed by atoms with Crippen LogP contribution >= 0.6 is 0 Å². The molecule has 0 saturated carbocycles. The summed E-state index contributed by atoms with van der Waals surface area (Å²) in [5.74, 6) is 1.50. The molecule has 2 heterocycles. The first-order chi connectivity index (χ1) is 14.7. The molecule has 0 spiro atoms. The van der Waals surface area contributed by atoms with Crippen LogP contribution in [0.1, 0.15) is 28.4 Å². The van der Waals surface area contributed by atoms with Crippen molar-refractivity contribution in [3.8, 4) is 5.82 Å². The fourth-order valence-corrected chi connectivity index (χ4v) is 2.91. The first-order valence-corrected chi connectivity index (χ1v) is 9.96. The number of carbonyl (C=O) groups is 1. The number of pyridine rings is 1. The zero-order valence-electron chi connectivity index (χ0n) is 17.3. The van der Waals surface area contributed by atoms with E-state index in [0.717, 1.165) is 35.9 Å². The molecule has 2 aromatic heterocycles. The van der Waals surface area contributed by atoms with Gasteiger partial charge in [0.15, 0.2) is 5.96 Å². The Labute approximate surface area is 176 Å². The molecule has 156 valence electrons. The van der Waals surface area contributed by atoms with E-state index in [-0.39, 0.29) is 5.91 Å². The molecule has 1 aromatic carbocycles. The molecule has 8 heteroatoms. The van der Waals surface area contributed by atoms with Crippen LogP contribution in [-0.4, -0.2) is 46.5 Å². The summed E-state index contributed by atoms with van der Waals surface area (Å²) in [5.41, 5.74) is 2.79. The second-order valence-corrected chi connectivity index (χ2v) is 6.65. The molecule has 0 aliphatic carbocycles. The average molecular weight is 406 g/mol. The number of guanidine groups is 1. The number of rotatable bonds is 8. The first kappa shape index (κ1) is 21.0. The SMILES string of the molecule is CCNC(=NCc1ccc(-n2ccnc2)nc1)NCCc1cccc(C(=O)NC)c1. The van der Waals surface area contributed by atoms with E-state index < -0.39 is 0 Å². The normalized spacial score (nSPS) is 11.2. The Hall–Kier alpha value is -3.68. The fourth-order valence-electron chi connectivity index (χ4n) is 2.91. The van der Waals surface area contributed by atoms with Crippen molar-refractivity contribution in [2.45, 2.75) is 19.9 Å². The quantitative estimate of drug-likeness (QED) is 0.393. The molecule has 3 aromatic rings. The molecule has 0 fully saturated rings. The van der Waals surface area contributed by atoms with Crippen molar-refractivity contribution in [3.63, 3.8) is 0 Å². The van der Waals surface area contributed by atoms with Crippen LogP contribution in [0, 0.1) is 0 Å². The number of nitrogens with one attached hydrogen (secondary N) is 3. The van der Waals surface area contributed by atoms with Gasteiger partial charge in [0, 0.05) is 44.3 Å². The second-order valence-electron chi connectivity index (χ2n) is 6.65. The molecule has 0 radical (unpaired) electrons. The zero-order valence-corrected chi connectivity index (χ0v) is 17.3. The van der Waals surface area contributed by atoms with Gasteiger partial charge in [0.2, 0.25) is 0 Å². The lowest BCUT2D eigenvalue weighted by Gasteiger charge is -2.12. The standard InChI is InChI=1S/C22H27N7O/c1-3-25-22(26-10-9-17-5-4-6-19(13-17)21(30)23-2)28-15-18-7-8-20(27-14-18)29-12-11-24-16-29/h4-8,11-14,16H,3,9-10,15H2,1-2H3,(H,23,30)(H2,25,26,28). The maximum absolute atomic E-state index is 11.8. The van der Waals surface area contributed by atoms with Crippen LogP contribution in [0.5, 0.6) is 0 Å². The van der Waals surface area contributed by atoms with Crippen molar-refractivity contribution in [1.29, 1.82) is 0 Å². The van der Waals surface area contributed by atoms with Crippen LogP contribution in [0.3, 0.4) is 0 Å². The molecule has 3 rings (SSSR count). The highest BCUT2D eigenvalue weighted by atomic mass is 16.1. The van der Waals surface area contributed by atoms with Crippen molar-refractivity contribution in [2.75, 3.05) is 20.1 Å². The molecular formula is C22H27N7O. The maximum Gasteiger partial charge on any atom is 0.251 e. The molecule has 8 nitrogen and oxygen atoms in total. The zero-order chi connectivity index (χ0) is 21.2. The summed E-state index contributed by atoms with van der Waals surface area (Å²) in [6.45, 7) is 4.04. The predicted molar refractivity (Wildman–Crippen MR) is 118 cm³/mol. The van der Waals surface area contributed by atoms with Crippen LogP contribution < -0.4 is 16.0 Å². The van der Waals surface area contributed by atoms with Gasteiger partial charge in [0.25, 0.3) is 5.91 Å². The monoisotopic (exact) mass is 405 g/mol. The highest BCUT2D eigenvalue weighted by Crippen LogP contribution is 2.07. The number of hydrogen-bond acceptors (Lipinski definition) is 4. The third-order valence-electron chi connectivity index (χ3n) is 4.46. The van der Waals surface area contributed by atoms with E-state index in [1.54, 1.807) is 19.6 Å². The van der Waals surface area contributed by atoms with Gasteiger partial charge < -0.3 is 16.0 Å². The summed E-state index contributed by atoms with van der Waals surface area (Å²) in [6.07, 6.45) is 7.92. The number of imidazole rings is 1. The fraction of sp³-hybridized carbons (Fsp3) is 0.273. The molecule has 0 unspecified atom stereocenters. The van der Waals surface area contributed by atoms with E-state index in [1.807, 2.05) is 60.3 Å². The van der Waals surface area contributed by atoms with Gasteiger partial charge in [-0.25, -0.2) is 15.0 Å². The average Bonchev–Trinajstić information content (AvgIpc) is 3.32. The molecule has 3 N–H and O–H groups in total. The Bertz CT molecular complexity index is 965. The minimum Gasteiger partial charge on any atom is -0.357 e. The van der Waals surface area contributed by atoms with Gasteiger partial charge in [0.05, 0.1) is 6.54 Å². The van der Waals surface area contributed by atoms with E-state index >= 15 is 0 Å². The highest BCUT2D eigenvalue weighted by Gasteiger charge is 2.04. The summed E-state index contributed by atoms with van der Waals surface area (Å²) < 4.78 is 1.86. The summed E-state index contributed by atoms with van der Waals surface area (Å²) in [7, 11) is 1.64. The molecule has 0 atom stereocenters. The van der Waals surface area contributed by atoms with Crippen LogP contribution in [0.4, 0.5) is 0 Å². The van der Waals surface area contributed by atoms with E-state index in [2.05, 4.69) is 30.9 Å². The number of benzene rings is 1. The van der Waals surface area contributed by atoms with Crippen molar-refractivity contribution in [3.05, 3.63) is 78.0 Å². The molecule has 30 heavy (non-hydrogen) atoms. The van der Waals surface area contributed by atoms with Crippen LogP contribution in [-0.2, 0) is 13.0 Å². The number of carbonyl (C=O) groups excluding carboxylic acids is 1. The van der Waals surface area contributed by atoms with E-state index in [9.17, 15) is 4.79 Å². The van der Waals surface area contributed by atoms with E-state index in [1.165, 1.54) is 0 Å². The topological polar surface area (TPSA) is 96.2 Å². The minimum atomic E-state index is -0.0765. The number of aromatic nitrogens is 3. The van der Waals surface area contributed by atoms with Crippen LogP contribution in [0.2, 0.25) is 0 Å². The predicted octanol–water partition coefficient (Wildman–Crippen LogP) is 1.92.